The fourth-order valence-corrected chi connectivity index (χ4v) is 2.24. The molecular weight excluding hydrogens is 254 g/mol. The van der Waals surface area contributed by atoms with E-state index in [4.69, 9.17) is 10.3 Å². The number of hydrogen-bond acceptors (Lipinski definition) is 5. The standard InChI is InChI=1S/C15H21N3O2/c1-4-5-12(16)8-13-17-15(18-20-13)11-6-9(2)14(19)10(3)7-11/h6-7,12,19H,4-5,8,16H2,1-3H3. The summed E-state index contributed by atoms with van der Waals surface area (Å²) in [5, 5.41) is 13.8. The van der Waals surface area contributed by atoms with E-state index < -0.39 is 0 Å². The Morgan fingerprint density at radius 3 is 2.55 bits per heavy atom. The van der Waals surface area contributed by atoms with Gasteiger partial charge in [0.2, 0.25) is 11.7 Å². The van der Waals surface area contributed by atoms with Crippen molar-refractivity contribution in [2.24, 2.45) is 5.73 Å². The Hall–Kier alpha value is -1.88. The van der Waals surface area contributed by atoms with Crippen molar-refractivity contribution in [1.82, 2.24) is 10.1 Å². The summed E-state index contributed by atoms with van der Waals surface area (Å²) in [6.07, 6.45) is 2.57. The van der Waals surface area contributed by atoms with Crippen LogP contribution in [0.5, 0.6) is 5.75 Å². The first-order valence-electron chi connectivity index (χ1n) is 6.90. The zero-order valence-electron chi connectivity index (χ0n) is 12.2. The van der Waals surface area contributed by atoms with E-state index in [1.54, 1.807) is 0 Å². The normalized spacial score (nSPS) is 12.6. The first-order valence-corrected chi connectivity index (χ1v) is 6.90. The lowest BCUT2D eigenvalue weighted by atomic mass is 10.1. The third-order valence-corrected chi connectivity index (χ3v) is 3.31. The van der Waals surface area contributed by atoms with Gasteiger partial charge in [-0.3, -0.25) is 0 Å². The summed E-state index contributed by atoms with van der Waals surface area (Å²) in [7, 11) is 0. The van der Waals surface area contributed by atoms with Gasteiger partial charge in [0.1, 0.15) is 5.75 Å². The lowest BCUT2D eigenvalue weighted by molar-refractivity contribution is 0.366. The van der Waals surface area contributed by atoms with Crippen LogP contribution in [0, 0.1) is 13.8 Å². The number of aromatic hydroxyl groups is 1. The molecule has 0 saturated carbocycles. The van der Waals surface area contributed by atoms with Crippen molar-refractivity contribution in [2.45, 2.75) is 46.1 Å². The molecule has 0 spiro atoms. The average molecular weight is 275 g/mol. The number of aromatic nitrogens is 2. The molecule has 0 aliphatic rings. The van der Waals surface area contributed by atoms with Crippen LogP contribution in [0.2, 0.25) is 0 Å². The molecule has 0 amide bonds. The van der Waals surface area contributed by atoms with Gasteiger partial charge in [0, 0.05) is 18.0 Å². The Bertz CT molecular complexity index is 570. The third kappa shape index (κ3) is 3.17. The molecule has 0 saturated heterocycles. The zero-order valence-corrected chi connectivity index (χ0v) is 12.2. The Morgan fingerprint density at radius 2 is 1.95 bits per heavy atom. The Labute approximate surface area is 118 Å². The number of rotatable bonds is 5. The molecule has 1 aromatic carbocycles. The second-order valence-corrected chi connectivity index (χ2v) is 5.22. The van der Waals surface area contributed by atoms with Gasteiger partial charge in [-0.05, 0) is 43.5 Å². The summed E-state index contributed by atoms with van der Waals surface area (Å²) in [5.74, 6) is 1.40. The van der Waals surface area contributed by atoms with Crippen LogP contribution in [0.4, 0.5) is 0 Å². The van der Waals surface area contributed by atoms with E-state index in [9.17, 15) is 5.11 Å². The van der Waals surface area contributed by atoms with E-state index in [0.717, 1.165) is 29.5 Å². The maximum atomic E-state index is 9.78. The Balaban J connectivity index is 2.20. The smallest absolute Gasteiger partial charge is 0.228 e. The molecule has 1 unspecified atom stereocenters. The summed E-state index contributed by atoms with van der Waals surface area (Å²) < 4.78 is 5.24. The molecule has 1 heterocycles. The van der Waals surface area contributed by atoms with Crippen LogP contribution in [0.25, 0.3) is 11.4 Å². The van der Waals surface area contributed by atoms with Gasteiger partial charge < -0.3 is 15.4 Å². The molecule has 2 rings (SSSR count). The number of phenolic OH excluding ortho intramolecular Hbond substituents is 1. The number of hydrogen-bond donors (Lipinski definition) is 2. The monoisotopic (exact) mass is 275 g/mol. The number of nitrogens with zero attached hydrogens (tertiary/aromatic N) is 2. The van der Waals surface area contributed by atoms with Gasteiger partial charge in [0.05, 0.1) is 0 Å². The van der Waals surface area contributed by atoms with E-state index in [2.05, 4.69) is 17.1 Å². The van der Waals surface area contributed by atoms with Gasteiger partial charge in [-0.1, -0.05) is 18.5 Å². The van der Waals surface area contributed by atoms with Crippen LogP contribution >= 0.6 is 0 Å². The highest BCUT2D eigenvalue weighted by Crippen LogP contribution is 2.27. The van der Waals surface area contributed by atoms with Crippen molar-refractivity contribution in [2.75, 3.05) is 0 Å². The SMILES string of the molecule is CCCC(N)Cc1nc(-c2cc(C)c(O)c(C)c2)no1. The predicted octanol–water partition coefficient (Wildman–Crippen LogP) is 2.73. The largest absolute Gasteiger partial charge is 0.507 e. The summed E-state index contributed by atoms with van der Waals surface area (Å²) in [5.41, 5.74) is 8.42. The zero-order chi connectivity index (χ0) is 14.7. The fraction of sp³-hybridized carbons (Fsp3) is 0.467. The van der Waals surface area contributed by atoms with Gasteiger partial charge >= 0.3 is 0 Å². The quantitative estimate of drug-likeness (QED) is 0.876. The van der Waals surface area contributed by atoms with E-state index in [-0.39, 0.29) is 6.04 Å². The number of benzene rings is 1. The van der Waals surface area contributed by atoms with Gasteiger partial charge in [-0.2, -0.15) is 4.98 Å². The molecule has 1 aromatic heterocycles. The minimum atomic E-state index is 0.0524. The van der Waals surface area contributed by atoms with Crippen molar-refractivity contribution < 1.29 is 9.63 Å². The van der Waals surface area contributed by atoms with Crippen LogP contribution in [-0.4, -0.2) is 21.3 Å². The molecule has 2 aromatic rings. The maximum absolute atomic E-state index is 9.78. The van der Waals surface area contributed by atoms with Gasteiger partial charge in [0.25, 0.3) is 0 Å². The van der Waals surface area contributed by atoms with Gasteiger partial charge in [-0.15, -0.1) is 0 Å². The minimum Gasteiger partial charge on any atom is -0.507 e. The number of aryl methyl sites for hydroxylation is 2. The maximum Gasteiger partial charge on any atom is 0.228 e. The lowest BCUT2D eigenvalue weighted by Gasteiger charge is -2.05. The molecule has 0 fully saturated rings. The van der Waals surface area contributed by atoms with Crippen LogP contribution in [-0.2, 0) is 6.42 Å². The molecule has 5 heteroatoms. The molecule has 0 aliphatic carbocycles. The molecule has 0 aliphatic heterocycles. The van der Waals surface area contributed by atoms with Crippen molar-refractivity contribution in [3.8, 4) is 17.1 Å². The molecule has 1 atom stereocenters. The Kier molecular flexibility index (Phi) is 4.39. The van der Waals surface area contributed by atoms with Crippen LogP contribution in [0.1, 0.15) is 36.8 Å². The number of phenols is 1. The second-order valence-electron chi connectivity index (χ2n) is 5.22. The first-order chi connectivity index (χ1) is 9.51. The van der Waals surface area contributed by atoms with Crippen molar-refractivity contribution in [3.63, 3.8) is 0 Å². The molecule has 108 valence electrons. The van der Waals surface area contributed by atoms with Crippen molar-refractivity contribution in [1.29, 1.82) is 0 Å². The van der Waals surface area contributed by atoms with E-state index in [0.29, 0.717) is 23.9 Å². The Morgan fingerprint density at radius 1 is 1.30 bits per heavy atom. The topological polar surface area (TPSA) is 85.2 Å². The predicted molar refractivity (Wildman–Crippen MR) is 77.5 cm³/mol. The lowest BCUT2D eigenvalue weighted by Crippen LogP contribution is -2.22. The molecule has 0 bridgehead atoms. The van der Waals surface area contributed by atoms with Crippen molar-refractivity contribution >= 4 is 0 Å². The summed E-state index contributed by atoms with van der Waals surface area (Å²) in [6, 6.07) is 3.75. The van der Waals surface area contributed by atoms with E-state index in [1.807, 2.05) is 26.0 Å². The highest BCUT2D eigenvalue weighted by Gasteiger charge is 2.13. The first kappa shape index (κ1) is 14.5. The van der Waals surface area contributed by atoms with Crippen LogP contribution in [0.15, 0.2) is 16.7 Å². The summed E-state index contributed by atoms with van der Waals surface area (Å²) in [4.78, 5) is 4.38. The molecule has 5 nitrogen and oxygen atoms in total. The van der Waals surface area contributed by atoms with Gasteiger partial charge in [-0.25, -0.2) is 0 Å². The minimum absolute atomic E-state index is 0.0524. The third-order valence-electron chi connectivity index (χ3n) is 3.31. The molecule has 20 heavy (non-hydrogen) atoms. The van der Waals surface area contributed by atoms with Crippen LogP contribution in [0.3, 0.4) is 0 Å². The summed E-state index contributed by atoms with van der Waals surface area (Å²) >= 11 is 0. The van der Waals surface area contributed by atoms with E-state index in [1.165, 1.54) is 0 Å². The van der Waals surface area contributed by atoms with Crippen LogP contribution < -0.4 is 5.73 Å². The second kappa shape index (κ2) is 6.05. The fourth-order valence-electron chi connectivity index (χ4n) is 2.24. The molecular formula is C15H21N3O2. The highest BCUT2D eigenvalue weighted by atomic mass is 16.5. The van der Waals surface area contributed by atoms with Gasteiger partial charge in [0.15, 0.2) is 0 Å². The van der Waals surface area contributed by atoms with E-state index >= 15 is 0 Å². The van der Waals surface area contributed by atoms with Crippen molar-refractivity contribution in [3.05, 3.63) is 29.2 Å². The summed E-state index contributed by atoms with van der Waals surface area (Å²) in [6.45, 7) is 5.80. The average Bonchev–Trinajstić information content (AvgIpc) is 2.84. The highest BCUT2D eigenvalue weighted by molar-refractivity contribution is 5.60. The molecule has 3 N–H and O–H groups in total. The number of nitrogens with two attached hydrogens (primary N) is 1. The molecule has 0 radical (unpaired) electrons.